The predicted molar refractivity (Wildman–Crippen MR) is 95.8 cm³/mol. The molecule has 0 bridgehead atoms. The number of halogens is 1. The minimum absolute atomic E-state index is 0.127. The third-order valence-corrected chi connectivity index (χ3v) is 4.13. The number of rotatable bonds is 5. The zero-order chi connectivity index (χ0) is 16.9. The molecule has 3 rings (SSSR count). The molecule has 0 fully saturated rings. The Hall–Kier alpha value is -2.59. The van der Waals surface area contributed by atoms with Crippen molar-refractivity contribution in [2.45, 2.75) is 12.8 Å². The van der Waals surface area contributed by atoms with E-state index in [9.17, 15) is 4.79 Å². The topological polar surface area (TPSA) is 46.9 Å². The van der Waals surface area contributed by atoms with Crippen molar-refractivity contribution in [1.29, 1.82) is 0 Å². The highest BCUT2D eigenvalue weighted by atomic mass is 35.5. The fourth-order valence-corrected chi connectivity index (χ4v) is 2.55. The highest BCUT2D eigenvalue weighted by Gasteiger charge is 2.11. The van der Waals surface area contributed by atoms with E-state index in [1.54, 1.807) is 29.2 Å². The molecule has 1 aromatic heterocycles. The summed E-state index contributed by atoms with van der Waals surface area (Å²) in [5.74, 6) is 0.124. The molecule has 0 spiro atoms. The van der Waals surface area contributed by atoms with Crippen LogP contribution in [0.2, 0.25) is 5.02 Å². The second kappa shape index (κ2) is 7.32. The van der Waals surface area contributed by atoms with Crippen molar-refractivity contribution < 1.29 is 4.79 Å². The fourth-order valence-electron chi connectivity index (χ4n) is 2.42. The minimum Gasteiger partial charge on any atom is -0.351 e. The third kappa shape index (κ3) is 3.84. The summed E-state index contributed by atoms with van der Waals surface area (Å²) in [6.07, 6.45) is 3.28. The van der Waals surface area contributed by atoms with E-state index in [-0.39, 0.29) is 11.8 Å². The zero-order valence-corrected chi connectivity index (χ0v) is 14.1. The quantitative estimate of drug-likeness (QED) is 0.762. The van der Waals surface area contributed by atoms with E-state index in [0.29, 0.717) is 17.1 Å². The molecule has 4 nitrogen and oxygen atoms in total. The normalized spacial score (nSPS) is 11.9. The Kier molecular flexibility index (Phi) is 4.96. The van der Waals surface area contributed by atoms with Crippen LogP contribution < -0.4 is 5.32 Å². The van der Waals surface area contributed by atoms with Gasteiger partial charge in [0.1, 0.15) is 0 Å². The van der Waals surface area contributed by atoms with Crippen LogP contribution >= 0.6 is 11.6 Å². The van der Waals surface area contributed by atoms with Gasteiger partial charge < -0.3 is 5.32 Å². The van der Waals surface area contributed by atoms with Gasteiger partial charge in [-0.25, -0.2) is 4.68 Å². The molecule has 122 valence electrons. The first kappa shape index (κ1) is 16.3. The van der Waals surface area contributed by atoms with E-state index in [0.717, 1.165) is 5.69 Å². The van der Waals surface area contributed by atoms with Crippen molar-refractivity contribution in [3.63, 3.8) is 0 Å². The lowest BCUT2D eigenvalue weighted by Gasteiger charge is -2.12. The maximum Gasteiger partial charge on any atom is 0.254 e. The summed E-state index contributed by atoms with van der Waals surface area (Å²) >= 11 is 5.88. The van der Waals surface area contributed by atoms with Crippen molar-refractivity contribution in [3.05, 3.63) is 83.1 Å². The summed E-state index contributed by atoms with van der Waals surface area (Å²) in [5, 5.41) is 7.86. The van der Waals surface area contributed by atoms with Gasteiger partial charge in [0.15, 0.2) is 0 Å². The summed E-state index contributed by atoms with van der Waals surface area (Å²) < 4.78 is 1.66. The molecule has 0 radical (unpaired) electrons. The molecule has 1 heterocycles. The molecule has 3 aromatic rings. The van der Waals surface area contributed by atoms with Gasteiger partial charge in [0.05, 0.1) is 17.4 Å². The number of benzene rings is 2. The maximum absolute atomic E-state index is 12.3. The van der Waals surface area contributed by atoms with Crippen LogP contribution in [0.5, 0.6) is 0 Å². The second-order valence-electron chi connectivity index (χ2n) is 5.67. The van der Waals surface area contributed by atoms with Crippen LogP contribution in [-0.2, 0) is 0 Å². The lowest BCUT2D eigenvalue weighted by Crippen LogP contribution is -2.27. The van der Waals surface area contributed by atoms with E-state index < -0.39 is 0 Å². The number of amides is 1. The van der Waals surface area contributed by atoms with Crippen molar-refractivity contribution in [1.82, 2.24) is 15.1 Å². The first-order valence-corrected chi connectivity index (χ1v) is 8.15. The van der Waals surface area contributed by atoms with Gasteiger partial charge in [-0.1, -0.05) is 48.9 Å². The van der Waals surface area contributed by atoms with Gasteiger partial charge in [-0.3, -0.25) is 4.79 Å². The van der Waals surface area contributed by atoms with Gasteiger partial charge >= 0.3 is 0 Å². The van der Waals surface area contributed by atoms with Gasteiger partial charge in [-0.2, -0.15) is 5.10 Å². The van der Waals surface area contributed by atoms with Crippen molar-refractivity contribution in [3.8, 4) is 5.69 Å². The fraction of sp³-hybridized carbons (Fsp3) is 0.158. The number of nitrogens with zero attached hydrogens (tertiary/aromatic N) is 2. The molecule has 1 atom stereocenters. The lowest BCUT2D eigenvalue weighted by molar-refractivity contribution is 0.0951. The summed E-state index contributed by atoms with van der Waals surface area (Å²) in [5.41, 5.74) is 2.59. The zero-order valence-electron chi connectivity index (χ0n) is 13.3. The standard InChI is InChI=1S/C19H18ClN3O/c1-14(15-5-3-2-4-6-15)11-21-19(24)16-12-22-23(13-16)18-9-7-17(20)8-10-18/h2-10,12-14H,11H2,1H3,(H,21,24). The van der Waals surface area contributed by atoms with E-state index >= 15 is 0 Å². The van der Waals surface area contributed by atoms with E-state index in [2.05, 4.69) is 29.5 Å². The minimum atomic E-state index is -0.127. The van der Waals surface area contributed by atoms with Gasteiger partial charge in [-0.05, 0) is 35.7 Å². The Labute approximate surface area is 146 Å². The smallest absolute Gasteiger partial charge is 0.254 e. The van der Waals surface area contributed by atoms with Gasteiger partial charge in [0, 0.05) is 17.8 Å². The number of hydrogen-bond donors (Lipinski definition) is 1. The van der Waals surface area contributed by atoms with E-state index in [1.807, 2.05) is 30.3 Å². The highest BCUT2D eigenvalue weighted by molar-refractivity contribution is 6.30. The largest absolute Gasteiger partial charge is 0.351 e. The summed E-state index contributed by atoms with van der Waals surface area (Å²) in [6, 6.07) is 17.4. The lowest BCUT2D eigenvalue weighted by atomic mass is 10.0. The van der Waals surface area contributed by atoms with Crippen LogP contribution in [0, 0.1) is 0 Å². The van der Waals surface area contributed by atoms with Gasteiger partial charge in [0.25, 0.3) is 5.91 Å². The molecule has 0 aliphatic rings. The van der Waals surface area contributed by atoms with Crippen LogP contribution in [0.3, 0.4) is 0 Å². The van der Waals surface area contributed by atoms with E-state index in [4.69, 9.17) is 11.6 Å². The molecular formula is C19H18ClN3O. The number of carbonyl (C=O) groups is 1. The molecule has 2 aromatic carbocycles. The summed E-state index contributed by atoms with van der Waals surface area (Å²) in [7, 11) is 0. The van der Waals surface area contributed by atoms with Crippen molar-refractivity contribution in [2.75, 3.05) is 6.54 Å². The van der Waals surface area contributed by atoms with Crippen molar-refractivity contribution >= 4 is 17.5 Å². The van der Waals surface area contributed by atoms with Crippen LogP contribution in [0.4, 0.5) is 0 Å². The Bertz CT molecular complexity index is 812. The molecule has 24 heavy (non-hydrogen) atoms. The van der Waals surface area contributed by atoms with Crippen LogP contribution in [0.1, 0.15) is 28.8 Å². The SMILES string of the molecule is CC(CNC(=O)c1cnn(-c2ccc(Cl)cc2)c1)c1ccccc1. The van der Waals surface area contributed by atoms with Crippen LogP contribution in [-0.4, -0.2) is 22.2 Å². The molecular weight excluding hydrogens is 322 g/mol. The Balaban J connectivity index is 1.63. The van der Waals surface area contributed by atoms with Gasteiger partial charge in [0.2, 0.25) is 0 Å². The highest BCUT2D eigenvalue weighted by Crippen LogP contribution is 2.15. The molecule has 1 amide bonds. The summed E-state index contributed by atoms with van der Waals surface area (Å²) in [4.78, 5) is 12.3. The number of carbonyl (C=O) groups excluding carboxylic acids is 1. The average molecular weight is 340 g/mol. The average Bonchev–Trinajstić information content (AvgIpc) is 3.11. The maximum atomic E-state index is 12.3. The molecule has 0 saturated heterocycles. The molecule has 1 unspecified atom stereocenters. The van der Waals surface area contributed by atoms with E-state index in [1.165, 1.54) is 5.56 Å². The molecule has 1 N–H and O–H groups in total. The van der Waals surface area contributed by atoms with Crippen molar-refractivity contribution in [2.24, 2.45) is 0 Å². The van der Waals surface area contributed by atoms with Crippen LogP contribution in [0.15, 0.2) is 67.0 Å². The monoisotopic (exact) mass is 339 g/mol. The first-order valence-electron chi connectivity index (χ1n) is 7.77. The molecule has 0 aliphatic carbocycles. The Morgan fingerprint density at radius 1 is 1.17 bits per heavy atom. The Morgan fingerprint density at radius 2 is 1.88 bits per heavy atom. The van der Waals surface area contributed by atoms with Crippen LogP contribution in [0.25, 0.3) is 5.69 Å². The van der Waals surface area contributed by atoms with Gasteiger partial charge in [-0.15, -0.1) is 0 Å². The first-order chi connectivity index (χ1) is 11.6. The summed E-state index contributed by atoms with van der Waals surface area (Å²) in [6.45, 7) is 2.67. The number of nitrogens with one attached hydrogen (secondary N) is 1. The molecule has 0 aliphatic heterocycles. The Morgan fingerprint density at radius 3 is 2.58 bits per heavy atom. The number of hydrogen-bond acceptors (Lipinski definition) is 2. The molecule has 0 saturated carbocycles. The second-order valence-corrected chi connectivity index (χ2v) is 6.11. The molecule has 5 heteroatoms. The third-order valence-electron chi connectivity index (χ3n) is 3.87. The number of aromatic nitrogens is 2. The predicted octanol–water partition coefficient (Wildman–Crippen LogP) is 4.06.